The Hall–Kier alpha value is -1.16. The summed E-state index contributed by atoms with van der Waals surface area (Å²) in [5, 5.41) is -0.630. The third-order valence-electron chi connectivity index (χ3n) is 0.876. The molecule has 0 saturated carbocycles. The predicted octanol–water partition coefficient (Wildman–Crippen LogP) is 0.438. The number of nitrogens with zero attached hydrogens (tertiary/aromatic N) is 2. The van der Waals surface area contributed by atoms with Crippen LogP contribution in [0.2, 0.25) is 0 Å². The van der Waals surface area contributed by atoms with Crippen LogP contribution in [0.5, 0.6) is 0 Å². The molecule has 0 aliphatic carbocycles. The first-order chi connectivity index (χ1) is 4.70. The standard InChI is InChI=1S/C5H4ClN3O/c6-4(10)3-1-2-8-5(7)9-3/h1-2H,(H2,7,8,9). The summed E-state index contributed by atoms with van der Waals surface area (Å²) in [6, 6.07) is 1.39. The molecule has 4 nitrogen and oxygen atoms in total. The maximum absolute atomic E-state index is 10.4. The lowest BCUT2D eigenvalue weighted by molar-refractivity contribution is 0.107. The van der Waals surface area contributed by atoms with E-state index in [4.69, 9.17) is 17.3 Å². The average Bonchev–Trinajstić information content (AvgIpc) is 1.88. The molecule has 1 aromatic heterocycles. The lowest BCUT2D eigenvalue weighted by atomic mass is 10.4. The van der Waals surface area contributed by atoms with Gasteiger partial charge < -0.3 is 5.73 Å². The van der Waals surface area contributed by atoms with Crippen LogP contribution in [0.4, 0.5) is 5.95 Å². The fourth-order valence-electron chi connectivity index (χ4n) is 0.483. The van der Waals surface area contributed by atoms with E-state index in [1.165, 1.54) is 12.3 Å². The summed E-state index contributed by atoms with van der Waals surface area (Å²) in [6.45, 7) is 0. The summed E-state index contributed by atoms with van der Waals surface area (Å²) in [6.07, 6.45) is 1.37. The molecule has 0 unspecified atom stereocenters. The van der Waals surface area contributed by atoms with Crippen molar-refractivity contribution < 1.29 is 4.79 Å². The highest BCUT2D eigenvalue weighted by molar-refractivity contribution is 6.67. The highest BCUT2D eigenvalue weighted by Crippen LogP contribution is 1.99. The molecule has 0 aromatic carbocycles. The van der Waals surface area contributed by atoms with Gasteiger partial charge in [0.2, 0.25) is 5.95 Å². The lowest BCUT2D eigenvalue weighted by Gasteiger charge is -1.91. The molecule has 0 radical (unpaired) electrons. The van der Waals surface area contributed by atoms with Crippen LogP contribution in [-0.2, 0) is 0 Å². The van der Waals surface area contributed by atoms with E-state index >= 15 is 0 Å². The molecular weight excluding hydrogens is 154 g/mol. The molecule has 0 spiro atoms. The van der Waals surface area contributed by atoms with Crippen molar-refractivity contribution in [3.05, 3.63) is 18.0 Å². The molecule has 0 bridgehead atoms. The Labute approximate surface area is 62.0 Å². The van der Waals surface area contributed by atoms with Crippen LogP contribution in [0, 0.1) is 0 Å². The summed E-state index contributed by atoms with van der Waals surface area (Å²) in [5.74, 6) is 0.0477. The number of halogens is 1. The fraction of sp³-hybridized carbons (Fsp3) is 0. The number of aromatic nitrogens is 2. The highest BCUT2D eigenvalue weighted by atomic mass is 35.5. The number of nitrogens with two attached hydrogens (primary N) is 1. The van der Waals surface area contributed by atoms with Crippen LogP contribution < -0.4 is 5.73 Å². The predicted molar refractivity (Wildman–Crippen MR) is 36.6 cm³/mol. The second kappa shape index (κ2) is 2.62. The zero-order valence-electron chi connectivity index (χ0n) is 4.91. The maximum atomic E-state index is 10.4. The summed E-state index contributed by atoms with van der Waals surface area (Å²) < 4.78 is 0. The second-order valence-electron chi connectivity index (χ2n) is 1.57. The topological polar surface area (TPSA) is 68.9 Å². The van der Waals surface area contributed by atoms with Gasteiger partial charge in [-0.2, -0.15) is 0 Å². The van der Waals surface area contributed by atoms with Crippen LogP contribution in [0.15, 0.2) is 12.3 Å². The van der Waals surface area contributed by atoms with Crippen molar-refractivity contribution in [2.24, 2.45) is 0 Å². The maximum Gasteiger partial charge on any atom is 0.271 e. The average molecular weight is 158 g/mol. The van der Waals surface area contributed by atoms with Gasteiger partial charge in [0.05, 0.1) is 0 Å². The van der Waals surface area contributed by atoms with E-state index < -0.39 is 5.24 Å². The molecule has 2 N–H and O–H groups in total. The molecule has 1 rings (SSSR count). The minimum absolute atomic E-state index is 0.0477. The molecule has 0 fully saturated rings. The Morgan fingerprint density at radius 2 is 2.40 bits per heavy atom. The number of carbonyl (C=O) groups is 1. The Morgan fingerprint density at radius 3 is 2.80 bits per heavy atom. The number of hydrogen-bond donors (Lipinski definition) is 1. The highest BCUT2D eigenvalue weighted by Gasteiger charge is 2.01. The quantitative estimate of drug-likeness (QED) is 0.601. The van der Waals surface area contributed by atoms with E-state index in [2.05, 4.69) is 9.97 Å². The Morgan fingerprint density at radius 1 is 1.70 bits per heavy atom. The van der Waals surface area contributed by atoms with E-state index in [1.807, 2.05) is 0 Å². The molecule has 0 aliphatic rings. The van der Waals surface area contributed by atoms with E-state index in [1.54, 1.807) is 0 Å². The van der Waals surface area contributed by atoms with Crippen molar-refractivity contribution in [1.82, 2.24) is 9.97 Å². The molecular formula is C5H4ClN3O. The molecule has 1 heterocycles. The largest absolute Gasteiger partial charge is 0.368 e. The minimum atomic E-state index is -0.630. The van der Waals surface area contributed by atoms with Gasteiger partial charge in [0.25, 0.3) is 5.24 Å². The van der Waals surface area contributed by atoms with Gasteiger partial charge in [0.15, 0.2) is 0 Å². The number of anilines is 1. The third-order valence-corrected chi connectivity index (χ3v) is 1.07. The van der Waals surface area contributed by atoms with E-state index in [0.717, 1.165) is 0 Å². The molecule has 0 amide bonds. The zero-order valence-corrected chi connectivity index (χ0v) is 5.67. The van der Waals surface area contributed by atoms with Gasteiger partial charge in [-0.05, 0) is 17.7 Å². The zero-order chi connectivity index (χ0) is 7.56. The van der Waals surface area contributed by atoms with Crippen molar-refractivity contribution in [1.29, 1.82) is 0 Å². The summed E-state index contributed by atoms with van der Waals surface area (Å²) in [4.78, 5) is 17.6. The van der Waals surface area contributed by atoms with Crippen LogP contribution in [-0.4, -0.2) is 15.2 Å². The third kappa shape index (κ3) is 1.41. The first kappa shape index (κ1) is 6.95. The number of nitrogen functional groups attached to an aromatic ring is 1. The molecule has 0 atom stereocenters. The SMILES string of the molecule is Nc1nccc(C(=O)Cl)n1. The van der Waals surface area contributed by atoms with Crippen LogP contribution in [0.1, 0.15) is 10.5 Å². The van der Waals surface area contributed by atoms with E-state index in [0.29, 0.717) is 0 Å². The Kier molecular flexibility index (Phi) is 1.82. The van der Waals surface area contributed by atoms with Crippen molar-refractivity contribution in [3.63, 3.8) is 0 Å². The fourth-order valence-corrected chi connectivity index (χ4v) is 0.589. The van der Waals surface area contributed by atoms with Crippen molar-refractivity contribution in [3.8, 4) is 0 Å². The number of hydrogen-bond acceptors (Lipinski definition) is 4. The first-order valence-corrected chi connectivity index (χ1v) is 2.86. The van der Waals surface area contributed by atoms with Crippen LogP contribution in [0.3, 0.4) is 0 Å². The van der Waals surface area contributed by atoms with Crippen LogP contribution >= 0.6 is 11.6 Å². The molecule has 0 saturated heterocycles. The smallest absolute Gasteiger partial charge is 0.271 e. The Balaban J connectivity index is 3.07. The van der Waals surface area contributed by atoms with Gasteiger partial charge >= 0.3 is 0 Å². The van der Waals surface area contributed by atoms with Gasteiger partial charge in [-0.15, -0.1) is 0 Å². The van der Waals surface area contributed by atoms with Crippen molar-refractivity contribution >= 4 is 22.8 Å². The van der Waals surface area contributed by atoms with Crippen LogP contribution in [0.25, 0.3) is 0 Å². The summed E-state index contributed by atoms with van der Waals surface area (Å²) in [7, 11) is 0. The number of carbonyl (C=O) groups excluding carboxylic acids is 1. The van der Waals surface area contributed by atoms with Gasteiger partial charge in [-0.1, -0.05) is 0 Å². The molecule has 10 heavy (non-hydrogen) atoms. The minimum Gasteiger partial charge on any atom is -0.368 e. The Bertz CT molecular complexity index is 263. The molecule has 0 aliphatic heterocycles. The van der Waals surface area contributed by atoms with Gasteiger partial charge in [-0.3, -0.25) is 4.79 Å². The lowest BCUT2D eigenvalue weighted by Crippen LogP contribution is -1.99. The monoisotopic (exact) mass is 157 g/mol. The molecule has 52 valence electrons. The van der Waals surface area contributed by atoms with E-state index in [-0.39, 0.29) is 11.6 Å². The first-order valence-electron chi connectivity index (χ1n) is 2.48. The summed E-state index contributed by atoms with van der Waals surface area (Å²) in [5.41, 5.74) is 5.28. The molecule has 5 heteroatoms. The van der Waals surface area contributed by atoms with Crippen molar-refractivity contribution in [2.45, 2.75) is 0 Å². The van der Waals surface area contributed by atoms with Gasteiger partial charge in [0.1, 0.15) is 5.69 Å². The normalized spacial score (nSPS) is 9.30. The molecule has 1 aromatic rings. The van der Waals surface area contributed by atoms with Gasteiger partial charge in [-0.25, -0.2) is 9.97 Å². The number of rotatable bonds is 1. The van der Waals surface area contributed by atoms with Gasteiger partial charge in [0, 0.05) is 6.20 Å². The van der Waals surface area contributed by atoms with E-state index in [9.17, 15) is 4.79 Å². The van der Waals surface area contributed by atoms with Crippen molar-refractivity contribution in [2.75, 3.05) is 5.73 Å². The summed E-state index contributed by atoms with van der Waals surface area (Å²) >= 11 is 5.09. The second-order valence-corrected chi connectivity index (χ2v) is 1.92.